The predicted octanol–water partition coefficient (Wildman–Crippen LogP) is 3.26. The lowest BCUT2D eigenvalue weighted by molar-refractivity contribution is -0.126. The van der Waals surface area contributed by atoms with Crippen molar-refractivity contribution in [1.82, 2.24) is 4.98 Å². The molecule has 5 nitrogen and oxygen atoms in total. The Balaban J connectivity index is 1.74. The summed E-state index contributed by atoms with van der Waals surface area (Å²) in [5.74, 6) is -0.894. The Morgan fingerprint density at radius 2 is 2.04 bits per heavy atom. The zero-order chi connectivity index (χ0) is 17.1. The minimum absolute atomic E-state index is 0.0606. The van der Waals surface area contributed by atoms with Crippen LogP contribution in [0.4, 0.5) is 5.69 Å². The molecule has 24 heavy (non-hydrogen) atoms. The van der Waals surface area contributed by atoms with Crippen molar-refractivity contribution in [3.05, 3.63) is 58.9 Å². The molecule has 2 heterocycles. The number of carbonyl (C=O) groups is 2. The van der Waals surface area contributed by atoms with E-state index in [4.69, 9.17) is 16.3 Å². The number of amides is 1. The first-order chi connectivity index (χ1) is 11.6. The highest BCUT2D eigenvalue weighted by molar-refractivity contribution is 6.32. The minimum atomic E-state index is -0.903. The average Bonchev–Trinajstić information content (AvgIpc) is 2.60. The molecule has 0 radical (unpaired) electrons. The normalized spacial score (nSPS) is 14.7. The van der Waals surface area contributed by atoms with Gasteiger partial charge in [-0.3, -0.25) is 4.79 Å². The number of para-hydroxylation sites is 1. The second kappa shape index (κ2) is 7.01. The summed E-state index contributed by atoms with van der Waals surface area (Å²) in [6, 6.07) is 10.9. The van der Waals surface area contributed by atoms with Crippen LogP contribution >= 0.6 is 11.6 Å². The van der Waals surface area contributed by atoms with Gasteiger partial charge in [0.15, 0.2) is 6.10 Å². The number of halogens is 1. The van der Waals surface area contributed by atoms with E-state index in [0.717, 1.165) is 24.1 Å². The standard InChI is InChI=1S/C18H17ClN2O3/c1-12(24-18(23)14-8-4-10-20-16(14)19)17(22)21-11-5-7-13-6-2-3-9-15(13)21/h2-4,6,8-10,12H,5,7,11H2,1H3. The van der Waals surface area contributed by atoms with Crippen molar-refractivity contribution < 1.29 is 14.3 Å². The molecule has 1 aromatic carbocycles. The van der Waals surface area contributed by atoms with E-state index in [0.29, 0.717) is 6.54 Å². The molecule has 124 valence electrons. The predicted molar refractivity (Wildman–Crippen MR) is 91.2 cm³/mol. The molecule has 3 rings (SSSR count). The van der Waals surface area contributed by atoms with Gasteiger partial charge in [0.05, 0.1) is 5.56 Å². The Morgan fingerprint density at radius 3 is 2.83 bits per heavy atom. The van der Waals surface area contributed by atoms with Gasteiger partial charge < -0.3 is 9.64 Å². The van der Waals surface area contributed by atoms with E-state index in [2.05, 4.69) is 4.98 Å². The van der Waals surface area contributed by atoms with Gasteiger partial charge in [0.2, 0.25) is 0 Å². The maximum absolute atomic E-state index is 12.7. The van der Waals surface area contributed by atoms with Crippen LogP contribution in [0.1, 0.15) is 29.3 Å². The van der Waals surface area contributed by atoms with Crippen molar-refractivity contribution in [2.24, 2.45) is 0 Å². The first kappa shape index (κ1) is 16.5. The summed E-state index contributed by atoms with van der Waals surface area (Å²) in [6.07, 6.45) is 2.41. The SMILES string of the molecule is CC(OC(=O)c1cccnc1Cl)C(=O)N1CCCc2ccccc21. The molecule has 1 unspecified atom stereocenters. The zero-order valence-electron chi connectivity index (χ0n) is 13.2. The molecule has 1 aromatic heterocycles. The van der Waals surface area contributed by atoms with Crippen LogP contribution < -0.4 is 4.90 Å². The summed E-state index contributed by atoms with van der Waals surface area (Å²) in [7, 11) is 0. The number of pyridine rings is 1. The first-order valence-corrected chi connectivity index (χ1v) is 8.16. The molecule has 0 aliphatic carbocycles. The third-order valence-electron chi connectivity index (χ3n) is 3.99. The number of fused-ring (bicyclic) bond motifs is 1. The quantitative estimate of drug-likeness (QED) is 0.633. The Morgan fingerprint density at radius 1 is 1.25 bits per heavy atom. The third-order valence-corrected chi connectivity index (χ3v) is 4.29. The number of ether oxygens (including phenoxy) is 1. The van der Waals surface area contributed by atoms with Crippen LogP contribution in [0.25, 0.3) is 0 Å². The third kappa shape index (κ3) is 3.26. The van der Waals surface area contributed by atoms with Crippen molar-refractivity contribution in [3.63, 3.8) is 0 Å². The summed E-state index contributed by atoms with van der Waals surface area (Å²) < 4.78 is 5.29. The summed E-state index contributed by atoms with van der Waals surface area (Å²) in [4.78, 5) is 30.4. The Hall–Kier alpha value is -2.40. The Labute approximate surface area is 145 Å². The highest BCUT2D eigenvalue weighted by Gasteiger charge is 2.29. The van der Waals surface area contributed by atoms with E-state index in [9.17, 15) is 9.59 Å². The van der Waals surface area contributed by atoms with Crippen LogP contribution in [0.5, 0.6) is 0 Å². The molecule has 0 N–H and O–H groups in total. The van der Waals surface area contributed by atoms with E-state index in [1.165, 1.54) is 12.3 Å². The number of hydrogen-bond donors (Lipinski definition) is 0. The van der Waals surface area contributed by atoms with Gasteiger partial charge in [0.1, 0.15) is 5.15 Å². The zero-order valence-corrected chi connectivity index (χ0v) is 14.0. The number of carbonyl (C=O) groups excluding carboxylic acids is 2. The summed E-state index contributed by atoms with van der Waals surface area (Å²) in [6.45, 7) is 2.19. The van der Waals surface area contributed by atoms with Crippen LogP contribution in [-0.4, -0.2) is 29.5 Å². The fourth-order valence-electron chi connectivity index (χ4n) is 2.79. The van der Waals surface area contributed by atoms with Crippen LogP contribution in [0.15, 0.2) is 42.6 Å². The topological polar surface area (TPSA) is 59.5 Å². The molecule has 1 amide bonds. The van der Waals surface area contributed by atoms with Crippen LogP contribution in [0.2, 0.25) is 5.15 Å². The number of rotatable bonds is 3. The van der Waals surface area contributed by atoms with Crippen molar-refractivity contribution in [1.29, 1.82) is 0 Å². The van der Waals surface area contributed by atoms with Gasteiger partial charge in [-0.2, -0.15) is 0 Å². The van der Waals surface area contributed by atoms with Crippen LogP contribution in [0, 0.1) is 0 Å². The highest BCUT2D eigenvalue weighted by Crippen LogP contribution is 2.27. The van der Waals surface area contributed by atoms with E-state index >= 15 is 0 Å². The molecule has 1 aliphatic rings. The lowest BCUT2D eigenvalue weighted by Crippen LogP contribution is -2.42. The van der Waals surface area contributed by atoms with Gasteiger partial charge in [-0.25, -0.2) is 9.78 Å². The van der Waals surface area contributed by atoms with Crippen molar-refractivity contribution in [2.45, 2.75) is 25.9 Å². The molecule has 0 fully saturated rings. The molecule has 1 atom stereocenters. The molecule has 1 aliphatic heterocycles. The monoisotopic (exact) mass is 344 g/mol. The molecule has 6 heteroatoms. The maximum atomic E-state index is 12.7. The number of nitrogens with zero attached hydrogens (tertiary/aromatic N) is 2. The number of aromatic nitrogens is 1. The fraction of sp³-hybridized carbons (Fsp3) is 0.278. The van der Waals surface area contributed by atoms with Gasteiger partial charge in [-0.15, -0.1) is 0 Å². The molecular formula is C18H17ClN2O3. The van der Waals surface area contributed by atoms with E-state index in [-0.39, 0.29) is 16.6 Å². The maximum Gasteiger partial charge on any atom is 0.342 e. The average molecular weight is 345 g/mol. The first-order valence-electron chi connectivity index (χ1n) is 7.78. The van der Waals surface area contributed by atoms with Crippen LogP contribution in [0.3, 0.4) is 0 Å². The smallest absolute Gasteiger partial charge is 0.342 e. The Bertz CT molecular complexity index is 778. The summed E-state index contributed by atoms with van der Waals surface area (Å²) >= 11 is 5.89. The summed E-state index contributed by atoms with van der Waals surface area (Å²) in [5.41, 5.74) is 2.17. The van der Waals surface area contributed by atoms with E-state index in [1.54, 1.807) is 17.9 Å². The van der Waals surface area contributed by atoms with Crippen molar-refractivity contribution >= 4 is 29.2 Å². The molecule has 2 aromatic rings. The highest BCUT2D eigenvalue weighted by atomic mass is 35.5. The molecule has 0 spiro atoms. The second-order valence-corrected chi connectivity index (χ2v) is 5.97. The van der Waals surface area contributed by atoms with Crippen LogP contribution in [-0.2, 0) is 16.0 Å². The lowest BCUT2D eigenvalue weighted by Gasteiger charge is -2.31. The van der Waals surface area contributed by atoms with Gasteiger partial charge in [-0.1, -0.05) is 29.8 Å². The van der Waals surface area contributed by atoms with Gasteiger partial charge >= 0.3 is 5.97 Å². The number of aryl methyl sites for hydroxylation is 1. The number of anilines is 1. The van der Waals surface area contributed by atoms with E-state index < -0.39 is 12.1 Å². The lowest BCUT2D eigenvalue weighted by atomic mass is 10.0. The van der Waals surface area contributed by atoms with Gasteiger partial charge in [-0.05, 0) is 43.5 Å². The van der Waals surface area contributed by atoms with E-state index in [1.807, 2.05) is 24.3 Å². The molecule has 0 saturated heterocycles. The molecular weight excluding hydrogens is 328 g/mol. The van der Waals surface area contributed by atoms with Gasteiger partial charge in [0.25, 0.3) is 5.91 Å². The van der Waals surface area contributed by atoms with Crippen molar-refractivity contribution in [2.75, 3.05) is 11.4 Å². The van der Waals surface area contributed by atoms with Crippen molar-refractivity contribution in [3.8, 4) is 0 Å². The number of benzene rings is 1. The fourth-order valence-corrected chi connectivity index (χ4v) is 2.99. The number of hydrogen-bond acceptors (Lipinski definition) is 4. The Kier molecular flexibility index (Phi) is 4.81. The summed E-state index contributed by atoms with van der Waals surface area (Å²) in [5, 5.41) is 0.0606. The minimum Gasteiger partial charge on any atom is -0.449 e. The molecule has 0 bridgehead atoms. The molecule has 0 saturated carbocycles. The second-order valence-electron chi connectivity index (χ2n) is 5.61. The number of esters is 1. The van der Waals surface area contributed by atoms with Gasteiger partial charge in [0, 0.05) is 18.4 Å². The largest absolute Gasteiger partial charge is 0.449 e.